The van der Waals surface area contributed by atoms with E-state index in [0.717, 1.165) is 6.42 Å². The van der Waals surface area contributed by atoms with Gasteiger partial charge < -0.3 is 10.4 Å². The Balaban J connectivity index is 1.79. The Morgan fingerprint density at radius 1 is 1.21 bits per heavy atom. The van der Waals surface area contributed by atoms with Gasteiger partial charge in [0.25, 0.3) is 0 Å². The van der Waals surface area contributed by atoms with Crippen LogP contribution in [0.3, 0.4) is 0 Å². The number of hydrogen-bond acceptors (Lipinski definition) is 3. The lowest BCUT2D eigenvalue weighted by Gasteiger charge is -2.23. The summed E-state index contributed by atoms with van der Waals surface area (Å²) in [6.07, 6.45) is 6.24. The summed E-state index contributed by atoms with van der Waals surface area (Å²) < 4.78 is 0. The van der Waals surface area contributed by atoms with E-state index in [0.29, 0.717) is 5.82 Å². The number of carbonyl (C=O) groups excluding carboxylic acids is 1. The van der Waals surface area contributed by atoms with Crippen molar-refractivity contribution in [3.63, 3.8) is 0 Å². The van der Waals surface area contributed by atoms with Gasteiger partial charge in [-0.15, -0.1) is 0 Å². The predicted octanol–water partition coefficient (Wildman–Crippen LogP) is 1.54. The molecule has 0 spiro atoms. The van der Waals surface area contributed by atoms with E-state index in [4.69, 9.17) is 0 Å². The van der Waals surface area contributed by atoms with E-state index < -0.39 is 17.8 Å². The van der Waals surface area contributed by atoms with Gasteiger partial charge in [-0.3, -0.25) is 9.59 Å². The first-order chi connectivity index (χ1) is 9.16. The molecular formula is C14H14N2O3. The molecular weight excluding hydrogens is 244 g/mol. The third-order valence-corrected chi connectivity index (χ3v) is 3.96. The molecule has 1 fully saturated rings. The fourth-order valence-corrected chi connectivity index (χ4v) is 3.16. The molecule has 3 rings (SSSR count). The number of carboxylic acids is 1. The number of rotatable bonds is 3. The van der Waals surface area contributed by atoms with Gasteiger partial charge in [0.05, 0.1) is 11.8 Å². The van der Waals surface area contributed by atoms with Crippen LogP contribution in [-0.2, 0) is 9.59 Å². The number of nitrogens with zero attached hydrogens (tertiary/aromatic N) is 1. The largest absolute Gasteiger partial charge is 0.481 e. The van der Waals surface area contributed by atoms with Crippen LogP contribution in [0.5, 0.6) is 0 Å². The Kier molecular flexibility index (Phi) is 2.81. The summed E-state index contributed by atoms with van der Waals surface area (Å²) >= 11 is 0. The van der Waals surface area contributed by atoms with Crippen LogP contribution in [0.15, 0.2) is 36.5 Å². The van der Waals surface area contributed by atoms with Gasteiger partial charge in [0.1, 0.15) is 5.82 Å². The minimum absolute atomic E-state index is 0.0121. The Morgan fingerprint density at radius 3 is 2.58 bits per heavy atom. The molecule has 0 aliphatic heterocycles. The highest BCUT2D eigenvalue weighted by molar-refractivity contribution is 5.95. The second-order valence-corrected chi connectivity index (χ2v) is 5.04. The highest BCUT2D eigenvalue weighted by Gasteiger charge is 2.51. The molecule has 1 heterocycles. The lowest BCUT2D eigenvalue weighted by molar-refractivity contribution is -0.146. The van der Waals surface area contributed by atoms with Gasteiger partial charge in [0, 0.05) is 6.20 Å². The van der Waals surface area contributed by atoms with Crippen molar-refractivity contribution in [2.24, 2.45) is 23.7 Å². The Morgan fingerprint density at radius 2 is 1.95 bits per heavy atom. The topological polar surface area (TPSA) is 79.3 Å². The molecule has 1 aromatic heterocycles. The first-order valence-electron chi connectivity index (χ1n) is 6.30. The van der Waals surface area contributed by atoms with Gasteiger partial charge in [-0.1, -0.05) is 18.2 Å². The van der Waals surface area contributed by atoms with Crippen LogP contribution in [0.1, 0.15) is 6.42 Å². The number of amides is 1. The van der Waals surface area contributed by atoms with E-state index in [-0.39, 0.29) is 17.7 Å². The van der Waals surface area contributed by atoms with E-state index >= 15 is 0 Å². The number of nitrogens with one attached hydrogen (secondary N) is 1. The van der Waals surface area contributed by atoms with Crippen molar-refractivity contribution in [3.8, 4) is 0 Å². The fraction of sp³-hybridized carbons (Fsp3) is 0.357. The summed E-state index contributed by atoms with van der Waals surface area (Å²) in [5.41, 5.74) is 0. The van der Waals surface area contributed by atoms with Gasteiger partial charge in [0.2, 0.25) is 5.91 Å². The first kappa shape index (κ1) is 11.9. The van der Waals surface area contributed by atoms with Crippen molar-refractivity contribution in [3.05, 3.63) is 36.5 Å². The molecule has 4 atom stereocenters. The predicted molar refractivity (Wildman–Crippen MR) is 68.2 cm³/mol. The van der Waals surface area contributed by atoms with E-state index in [1.54, 1.807) is 24.4 Å². The normalized spacial score (nSPS) is 31.4. The van der Waals surface area contributed by atoms with Crippen LogP contribution < -0.4 is 5.32 Å². The molecule has 98 valence electrons. The molecule has 0 radical (unpaired) electrons. The molecule has 1 aromatic rings. The second kappa shape index (κ2) is 4.50. The van der Waals surface area contributed by atoms with Gasteiger partial charge in [-0.05, 0) is 30.4 Å². The van der Waals surface area contributed by atoms with Crippen molar-refractivity contribution in [1.29, 1.82) is 0 Å². The van der Waals surface area contributed by atoms with Crippen molar-refractivity contribution >= 4 is 17.7 Å². The van der Waals surface area contributed by atoms with Crippen LogP contribution in [0.2, 0.25) is 0 Å². The monoisotopic (exact) mass is 258 g/mol. The van der Waals surface area contributed by atoms with Crippen LogP contribution in [-0.4, -0.2) is 22.0 Å². The smallest absolute Gasteiger partial charge is 0.307 e. The second-order valence-electron chi connectivity index (χ2n) is 5.04. The SMILES string of the molecule is O=C(O)[C@@H]1C2C=CC(C2)[C@@H]1C(=O)Nc1ccccn1. The summed E-state index contributed by atoms with van der Waals surface area (Å²) in [6, 6.07) is 5.23. The number of aliphatic carboxylic acids is 1. The zero-order chi connectivity index (χ0) is 13.4. The van der Waals surface area contributed by atoms with Crippen molar-refractivity contribution in [2.45, 2.75) is 6.42 Å². The Hall–Kier alpha value is -2.17. The molecule has 0 saturated heterocycles. The maximum Gasteiger partial charge on any atom is 0.307 e. The van der Waals surface area contributed by atoms with Crippen LogP contribution in [0, 0.1) is 23.7 Å². The quantitative estimate of drug-likeness (QED) is 0.806. The highest BCUT2D eigenvalue weighted by atomic mass is 16.4. The average Bonchev–Trinajstić information content (AvgIpc) is 2.99. The summed E-state index contributed by atoms with van der Waals surface area (Å²) in [6.45, 7) is 0. The number of carboxylic acid groups (broad SMARTS) is 1. The molecule has 2 aliphatic carbocycles. The molecule has 1 amide bonds. The summed E-state index contributed by atoms with van der Waals surface area (Å²) in [5.74, 6) is -1.76. The number of anilines is 1. The molecule has 19 heavy (non-hydrogen) atoms. The molecule has 0 aromatic carbocycles. The molecule has 2 bridgehead atoms. The number of hydrogen-bond donors (Lipinski definition) is 2. The summed E-state index contributed by atoms with van der Waals surface area (Å²) in [5, 5.41) is 12.0. The van der Waals surface area contributed by atoms with Crippen molar-refractivity contribution in [1.82, 2.24) is 4.98 Å². The third kappa shape index (κ3) is 2.01. The number of allylic oxidation sites excluding steroid dienone is 2. The van der Waals surface area contributed by atoms with E-state index in [9.17, 15) is 14.7 Å². The molecule has 5 heteroatoms. The van der Waals surface area contributed by atoms with Gasteiger partial charge >= 0.3 is 5.97 Å². The zero-order valence-corrected chi connectivity index (χ0v) is 10.2. The zero-order valence-electron chi connectivity index (χ0n) is 10.2. The molecule has 2 unspecified atom stereocenters. The minimum Gasteiger partial charge on any atom is -0.481 e. The van der Waals surface area contributed by atoms with Gasteiger partial charge in [0.15, 0.2) is 0 Å². The van der Waals surface area contributed by atoms with Gasteiger partial charge in [-0.25, -0.2) is 4.98 Å². The van der Waals surface area contributed by atoms with Gasteiger partial charge in [-0.2, -0.15) is 0 Å². The summed E-state index contributed by atoms with van der Waals surface area (Å²) in [7, 11) is 0. The fourth-order valence-electron chi connectivity index (χ4n) is 3.16. The maximum absolute atomic E-state index is 12.3. The van der Waals surface area contributed by atoms with E-state index in [2.05, 4.69) is 10.3 Å². The highest BCUT2D eigenvalue weighted by Crippen LogP contribution is 2.48. The number of pyridine rings is 1. The standard InChI is InChI=1S/C14H14N2O3/c17-13(16-10-3-1-2-6-15-10)11-8-4-5-9(7-8)12(11)14(18)19/h1-6,8-9,11-12H,7H2,(H,18,19)(H,15,16,17)/t8?,9?,11-,12+/m0/s1. The lowest BCUT2D eigenvalue weighted by Crippen LogP contribution is -2.36. The van der Waals surface area contributed by atoms with E-state index in [1.165, 1.54) is 0 Å². The molecule has 5 nitrogen and oxygen atoms in total. The minimum atomic E-state index is -0.891. The van der Waals surface area contributed by atoms with E-state index in [1.807, 2.05) is 12.2 Å². The molecule has 2 aliphatic rings. The molecule has 2 N–H and O–H groups in total. The van der Waals surface area contributed by atoms with Crippen LogP contribution >= 0.6 is 0 Å². The number of fused-ring (bicyclic) bond motifs is 2. The summed E-state index contributed by atoms with van der Waals surface area (Å²) in [4.78, 5) is 27.6. The number of carbonyl (C=O) groups is 2. The average molecular weight is 258 g/mol. The maximum atomic E-state index is 12.3. The van der Waals surface area contributed by atoms with Crippen LogP contribution in [0.25, 0.3) is 0 Å². The van der Waals surface area contributed by atoms with Crippen molar-refractivity contribution in [2.75, 3.05) is 5.32 Å². The lowest BCUT2D eigenvalue weighted by atomic mass is 9.82. The third-order valence-electron chi connectivity index (χ3n) is 3.96. The van der Waals surface area contributed by atoms with Crippen LogP contribution in [0.4, 0.5) is 5.82 Å². The van der Waals surface area contributed by atoms with Crippen molar-refractivity contribution < 1.29 is 14.7 Å². The molecule has 1 saturated carbocycles. The first-order valence-corrected chi connectivity index (χ1v) is 6.30. The Labute approximate surface area is 110 Å². The Bertz CT molecular complexity index is 541. The number of aromatic nitrogens is 1.